The maximum atomic E-state index is 5.80. The highest BCUT2D eigenvalue weighted by atomic mass is 16.5. The molecule has 6 heteroatoms. The Morgan fingerprint density at radius 1 is 1.41 bits per heavy atom. The predicted octanol–water partition coefficient (Wildman–Crippen LogP) is 1.46. The second kappa shape index (κ2) is 6.22. The zero-order chi connectivity index (χ0) is 15.7. The van der Waals surface area contributed by atoms with Crippen molar-refractivity contribution >= 4 is 11.5 Å². The fourth-order valence-electron chi connectivity index (χ4n) is 2.96. The van der Waals surface area contributed by atoms with Crippen molar-refractivity contribution in [2.75, 3.05) is 31.1 Å². The van der Waals surface area contributed by atoms with Crippen molar-refractivity contribution < 1.29 is 4.74 Å². The highest BCUT2D eigenvalue weighted by molar-refractivity contribution is 5.57. The van der Waals surface area contributed by atoms with E-state index in [4.69, 9.17) is 15.5 Å². The number of anilines is 1. The second-order valence-electron chi connectivity index (χ2n) is 5.92. The van der Waals surface area contributed by atoms with Gasteiger partial charge < -0.3 is 15.4 Å². The van der Waals surface area contributed by atoms with Crippen LogP contribution in [0.5, 0.6) is 0 Å². The Kier molecular flexibility index (Phi) is 4.31. The minimum atomic E-state index is 0.199. The lowest BCUT2D eigenvalue weighted by Crippen LogP contribution is -2.44. The molecule has 1 atom stereocenters. The minimum absolute atomic E-state index is 0.199. The third kappa shape index (κ3) is 2.68. The summed E-state index contributed by atoms with van der Waals surface area (Å²) in [6, 6.07) is 2.16. The van der Waals surface area contributed by atoms with Gasteiger partial charge in [-0.25, -0.2) is 4.98 Å². The summed E-state index contributed by atoms with van der Waals surface area (Å²) < 4.78 is 7.78. The van der Waals surface area contributed by atoms with Crippen LogP contribution >= 0.6 is 0 Å². The molecular weight excluding hydrogens is 278 g/mol. The Labute approximate surface area is 131 Å². The molecule has 0 amide bonds. The molecule has 6 nitrogen and oxygen atoms in total. The number of hydrogen-bond donors (Lipinski definition) is 1. The molecule has 120 valence electrons. The van der Waals surface area contributed by atoms with Crippen molar-refractivity contribution in [1.82, 2.24) is 14.6 Å². The molecule has 3 heterocycles. The lowest BCUT2D eigenvalue weighted by molar-refractivity contribution is 0.0365. The zero-order valence-corrected chi connectivity index (χ0v) is 13.7. The third-order valence-corrected chi connectivity index (χ3v) is 4.40. The van der Waals surface area contributed by atoms with E-state index in [9.17, 15) is 0 Å². The fourth-order valence-corrected chi connectivity index (χ4v) is 2.96. The average molecular weight is 303 g/mol. The molecule has 1 aliphatic heterocycles. The SMILES string of the molecule is CCc1cc(N2CCO[C@H](CCN)C2)n2nc(C)c(C)c2n1. The van der Waals surface area contributed by atoms with E-state index in [1.54, 1.807) is 0 Å². The van der Waals surface area contributed by atoms with Gasteiger partial charge in [0.2, 0.25) is 0 Å². The van der Waals surface area contributed by atoms with Gasteiger partial charge in [0.15, 0.2) is 5.65 Å². The van der Waals surface area contributed by atoms with E-state index >= 15 is 0 Å². The molecule has 0 aliphatic carbocycles. The Bertz CT molecular complexity index is 664. The first-order chi connectivity index (χ1) is 10.6. The van der Waals surface area contributed by atoms with E-state index in [1.807, 2.05) is 11.4 Å². The summed E-state index contributed by atoms with van der Waals surface area (Å²) in [5.41, 5.74) is 9.94. The predicted molar refractivity (Wildman–Crippen MR) is 87.5 cm³/mol. The molecule has 1 saturated heterocycles. The highest BCUT2D eigenvalue weighted by Gasteiger charge is 2.23. The number of aromatic nitrogens is 3. The Morgan fingerprint density at radius 2 is 2.23 bits per heavy atom. The van der Waals surface area contributed by atoms with Gasteiger partial charge in [0, 0.05) is 30.4 Å². The number of aryl methyl sites for hydroxylation is 3. The summed E-state index contributed by atoms with van der Waals surface area (Å²) in [7, 11) is 0. The standard InChI is InChI=1S/C16H25N5O/c1-4-13-9-15(20-7-8-22-14(10-20)5-6-17)21-16(18-13)11(2)12(3)19-21/h9,14H,4-8,10,17H2,1-3H3/t14-/m1/s1. The molecule has 0 bridgehead atoms. The molecule has 0 spiro atoms. The van der Waals surface area contributed by atoms with E-state index in [0.717, 1.165) is 61.0 Å². The Hall–Kier alpha value is -1.66. The van der Waals surface area contributed by atoms with Crippen LogP contribution in [0.3, 0.4) is 0 Å². The number of hydrogen-bond acceptors (Lipinski definition) is 5. The first kappa shape index (κ1) is 15.2. The molecule has 3 rings (SSSR count). The average Bonchev–Trinajstić information content (AvgIpc) is 2.82. The van der Waals surface area contributed by atoms with Gasteiger partial charge >= 0.3 is 0 Å². The van der Waals surface area contributed by atoms with Crippen molar-refractivity contribution in [2.24, 2.45) is 5.73 Å². The second-order valence-corrected chi connectivity index (χ2v) is 5.92. The smallest absolute Gasteiger partial charge is 0.160 e. The van der Waals surface area contributed by atoms with Gasteiger partial charge in [-0.1, -0.05) is 6.92 Å². The fraction of sp³-hybridized carbons (Fsp3) is 0.625. The van der Waals surface area contributed by atoms with Gasteiger partial charge in [0.1, 0.15) is 5.82 Å². The van der Waals surface area contributed by atoms with Crippen LogP contribution in [0.25, 0.3) is 5.65 Å². The molecule has 22 heavy (non-hydrogen) atoms. The van der Waals surface area contributed by atoms with Crippen LogP contribution < -0.4 is 10.6 Å². The summed E-state index contributed by atoms with van der Waals surface area (Å²) in [5.74, 6) is 1.11. The van der Waals surface area contributed by atoms with Crippen LogP contribution in [-0.2, 0) is 11.2 Å². The first-order valence-corrected chi connectivity index (χ1v) is 8.06. The van der Waals surface area contributed by atoms with Crippen molar-refractivity contribution in [3.63, 3.8) is 0 Å². The van der Waals surface area contributed by atoms with Gasteiger partial charge in [-0.2, -0.15) is 9.61 Å². The van der Waals surface area contributed by atoms with E-state index in [-0.39, 0.29) is 6.10 Å². The highest BCUT2D eigenvalue weighted by Crippen LogP contribution is 2.24. The van der Waals surface area contributed by atoms with E-state index in [0.29, 0.717) is 6.54 Å². The summed E-state index contributed by atoms with van der Waals surface area (Å²) in [5, 5.41) is 4.68. The van der Waals surface area contributed by atoms with E-state index < -0.39 is 0 Å². The zero-order valence-electron chi connectivity index (χ0n) is 13.7. The van der Waals surface area contributed by atoms with Gasteiger partial charge in [-0.15, -0.1) is 0 Å². The van der Waals surface area contributed by atoms with Gasteiger partial charge in [0.05, 0.1) is 18.4 Å². The number of nitrogens with two attached hydrogens (primary N) is 1. The van der Waals surface area contributed by atoms with Crippen molar-refractivity contribution in [1.29, 1.82) is 0 Å². The lowest BCUT2D eigenvalue weighted by atomic mass is 10.2. The molecule has 0 radical (unpaired) electrons. The van der Waals surface area contributed by atoms with E-state index in [2.05, 4.69) is 29.9 Å². The Balaban J connectivity index is 2.03. The normalized spacial score (nSPS) is 19.1. The number of ether oxygens (including phenoxy) is 1. The van der Waals surface area contributed by atoms with Crippen LogP contribution in [0.15, 0.2) is 6.07 Å². The summed E-state index contributed by atoms with van der Waals surface area (Å²) in [4.78, 5) is 7.10. The third-order valence-electron chi connectivity index (χ3n) is 4.40. The van der Waals surface area contributed by atoms with Crippen molar-refractivity contribution in [3.05, 3.63) is 23.0 Å². The molecule has 2 aromatic heterocycles. The number of fused-ring (bicyclic) bond motifs is 1. The minimum Gasteiger partial charge on any atom is -0.374 e. The topological polar surface area (TPSA) is 68.7 Å². The quantitative estimate of drug-likeness (QED) is 0.926. The number of rotatable bonds is 4. The lowest BCUT2D eigenvalue weighted by Gasteiger charge is -2.34. The molecular formula is C16H25N5O. The Morgan fingerprint density at radius 3 is 2.95 bits per heavy atom. The van der Waals surface area contributed by atoms with Crippen LogP contribution in [0.4, 0.5) is 5.82 Å². The summed E-state index contributed by atoms with van der Waals surface area (Å²) in [6.07, 6.45) is 2.01. The largest absolute Gasteiger partial charge is 0.374 e. The maximum absolute atomic E-state index is 5.80. The van der Waals surface area contributed by atoms with E-state index in [1.165, 1.54) is 0 Å². The molecule has 2 aromatic rings. The number of nitrogens with zero attached hydrogens (tertiary/aromatic N) is 4. The van der Waals surface area contributed by atoms with Gasteiger partial charge in [-0.3, -0.25) is 0 Å². The van der Waals surface area contributed by atoms with Crippen molar-refractivity contribution in [2.45, 2.75) is 39.7 Å². The number of morpholine rings is 1. The van der Waals surface area contributed by atoms with Crippen LogP contribution in [0.1, 0.15) is 30.3 Å². The molecule has 1 fully saturated rings. The molecule has 2 N–H and O–H groups in total. The molecule has 1 aliphatic rings. The summed E-state index contributed by atoms with van der Waals surface area (Å²) in [6.45, 7) is 9.39. The van der Waals surface area contributed by atoms with Crippen molar-refractivity contribution in [3.8, 4) is 0 Å². The van der Waals surface area contributed by atoms with Crippen LogP contribution in [0, 0.1) is 13.8 Å². The first-order valence-electron chi connectivity index (χ1n) is 8.06. The monoisotopic (exact) mass is 303 g/mol. The molecule has 0 unspecified atom stereocenters. The summed E-state index contributed by atoms with van der Waals surface area (Å²) >= 11 is 0. The molecule has 0 aromatic carbocycles. The molecule has 0 saturated carbocycles. The van der Waals surface area contributed by atoms with Crippen LogP contribution in [0.2, 0.25) is 0 Å². The maximum Gasteiger partial charge on any atom is 0.160 e. The van der Waals surface area contributed by atoms with Crippen LogP contribution in [-0.4, -0.2) is 46.9 Å². The van der Waals surface area contributed by atoms with Gasteiger partial charge in [0.25, 0.3) is 0 Å². The van der Waals surface area contributed by atoms with Gasteiger partial charge in [-0.05, 0) is 33.2 Å².